The maximum absolute atomic E-state index is 14.8. The molecule has 0 saturated carbocycles. The number of aromatic hydroxyl groups is 1. The first-order valence-corrected chi connectivity index (χ1v) is 30.2. The first kappa shape index (κ1) is 71.8. The van der Waals surface area contributed by atoms with Crippen LogP contribution in [0.4, 0.5) is 10.5 Å². The Bertz CT molecular complexity index is 2840. The number of nitrogens with two attached hydrogens (primary N) is 1. The van der Waals surface area contributed by atoms with Crippen LogP contribution in [-0.2, 0) is 62.8 Å². The Morgan fingerprint density at radius 1 is 0.556 bits per heavy atom. The third-order valence-electron chi connectivity index (χ3n) is 14.7. The third kappa shape index (κ3) is 28.0. The number of benzene rings is 3. The number of urea groups is 1. The minimum atomic E-state index is -1.06. The van der Waals surface area contributed by atoms with E-state index in [0.29, 0.717) is 50.3 Å². The van der Waals surface area contributed by atoms with Gasteiger partial charge in [0.1, 0.15) is 17.8 Å². The van der Waals surface area contributed by atoms with Crippen LogP contribution < -0.4 is 53.6 Å². The molecule has 0 aliphatic carbocycles. The summed E-state index contributed by atoms with van der Waals surface area (Å²) in [7, 11) is 0. The molecule has 3 aromatic rings. The number of carbonyl (C=O) groups excluding carboxylic acids is 7. The van der Waals surface area contributed by atoms with Crippen LogP contribution in [-0.4, -0.2) is 241 Å². The topological polar surface area (TPSA) is 414 Å². The molecule has 1 fully saturated rings. The maximum atomic E-state index is 14.8. The molecule has 30 nitrogen and oxygen atoms in total. The fraction of sp³-hybridized carbons (Fsp3) is 0.517. The summed E-state index contributed by atoms with van der Waals surface area (Å²) in [5.41, 5.74) is 10.2. The standard InChI is InChI=1S/C60H88N16O14/c1-2-49(78)64-24-25-68-60(90)71-59(61)67-19-6-12-48(57(88)69-35-42-13-15-47(77)16-14-42)70-58(89)56(76-36-44-8-3-4-9-45(44)37-76)43-10-5-11-46(34-43)62-20-7-21-63-50(79)17-18-51(80)65-22-23-66-52(81)38-72-26-28-73(39-53(82)83)30-32-75(41-55(86)87)33-31-74(29-27-72)40-54(84)85/h3-5,8-11,13-16,34,48,56,62,77H,2,6-7,12,17-33,35-41H2,1H3,(H,63,79)(H,64,78)(H,65,80)(H,66,81)(H,69,88)(H,70,89)(H,82,83)(H,84,85)(H,86,87)(H4,61,67,68,71,90)/t48-,56+/m1/s1. The molecule has 0 bridgehead atoms. The van der Waals surface area contributed by atoms with Gasteiger partial charge in [-0.05, 0) is 65.8 Å². The molecule has 0 spiro atoms. The number of carboxylic acids is 3. The molecule has 1 saturated heterocycles. The minimum absolute atomic E-state index is 0.0713. The zero-order valence-corrected chi connectivity index (χ0v) is 51.0. The lowest BCUT2D eigenvalue weighted by molar-refractivity contribution is -0.140. The predicted molar refractivity (Wildman–Crippen MR) is 332 cm³/mol. The van der Waals surface area contributed by atoms with Crippen molar-refractivity contribution in [2.45, 2.75) is 77.2 Å². The van der Waals surface area contributed by atoms with Crippen molar-refractivity contribution in [2.24, 2.45) is 10.7 Å². The number of carbonyl (C=O) groups is 10. The Kier molecular flexibility index (Phi) is 31.2. The van der Waals surface area contributed by atoms with E-state index in [-0.39, 0.29) is 173 Å². The molecule has 8 amide bonds. The van der Waals surface area contributed by atoms with E-state index in [1.54, 1.807) is 38.7 Å². The molecule has 0 aromatic heterocycles. The summed E-state index contributed by atoms with van der Waals surface area (Å²) < 4.78 is 0. The molecule has 0 radical (unpaired) electrons. The van der Waals surface area contributed by atoms with Crippen molar-refractivity contribution in [1.29, 1.82) is 0 Å². The number of guanidine groups is 1. The fourth-order valence-corrected chi connectivity index (χ4v) is 9.93. The Labute approximate surface area is 523 Å². The number of carboxylic acid groups (broad SMARTS) is 3. The van der Waals surface area contributed by atoms with Crippen LogP contribution in [0.2, 0.25) is 0 Å². The number of anilines is 1. The van der Waals surface area contributed by atoms with Gasteiger partial charge >= 0.3 is 23.9 Å². The Morgan fingerprint density at radius 2 is 1.07 bits per heavy atom. The van der Waals surface area contributed by atoms with Crippen molar-refractivity contribution in [1.82, 2.24) is 67.0 Å². The second-order valence-electron chi connectivity index (χ2n) is 21.8. The predicted octanol–water partition coefficient (Wildman–Crippen LogP) is -1.42. The molecule has 2 atom stereocenters. The summed E-state index contributed by atoms with van der Waals surface area (Å²) in [5, 5.41) is 63.4. The summed E-state index contributed by atoms with van der Waals surface area (Å²) in [5.74, 6) is -5.38. The number of nitrogens with zero attached hydrogens (tertiary/aromatic N) is 6. The van der Waals surface area contributed by atoms with Crippen molar-refractivity contribution < 1.29 is 68.4 Å². The second kappa shape index (κ2) is 39.1. The number of rotatable bonds is 34. The van der Waals surface area contributed by atoms with Gasteiger partial charge in [-0.3, -0.25) is 78.0 Å². The van der Waals surface area contributed by atoms with Gasteiger partial charge in [0.2, 0.25) is 35.4 Å². The number of aliphatic carboxylic acids is 3. The molecule has 0 unspecified atom stereocenters. The van der Waals surface area contributed by atoms with Crippen molar-refractivity contribution >= 4 is 71.0 Å². The highest BCUT2D eigenvalue weighted by atomic mass is 16.4. The molecule has 2 aliphatic heterocycles. The molecule has 15 N–H and O–H groups in total. The summed E-state index contributed by atoms with van der Waals surface area (Å²) in [6, 6.07) is 19.2. The van der Waals surface area contributed by atoms with Crippen LogP contribution in [0, 0.1) is 0 Å². The SMILES string of the molecule is CCC(=O)NCCNC(=O)NC(N)=NCCC[C@@H](NC(=O)[C@H](c1cccc(NCCCNC(=O)CCC(=O)NCCNC(=O)CN2CCN(CC(=O)O)CCN(CC(=O)O)CCN(CC(=O)O)CC2)c1)N1Cc2ccccc2C1)C(=O)NCc1ccc(O)cc1. The van der Waals surface area contributed by atoms with Gasteiger partial charge in [0, 0.05) is 143 Å². The van der Waals surface area contributed by atoms with Crippen LogP contribution >= 0.6 is 0 Å². The molecule has 2 aliphatic rings. The van der Waals surface area contributed by atoms with Crippen molar-refractivity contribution in [3.05, 3.63) is 95.1 Å². The fourth-order valence-electron chi connectivity index (χ4n) is 9.93. The van der Waals surface area contributed by atoms with Gasteiger partial charge in [-0.2, -0.15) is 0 Å². The smallest absolute Gasteiger partial charge is 0.321 e. The normalized spacial score (nSPS) is 15.3. The van der Waals surface area contributed by atoms with Gasteiger partial charge < -0.3 is 68.7 Å². The van der Waals surface area contributed by atoms with Crippen LogP contribution in [0.25, 0.3) is 0 Å². The summed E-state index contributed by atoms with van der Waals surface area (Å²) >= 11 is 0. The van der Waals surface area contributed by atoms with Crippen molar-refractivity contribution in [3.63, 3.8) is 0 Å². The van der Waals surface area contributed by atoms with Gasteiger partial charge in [0.05, 0.1) is 26.2 Å². The Morgan fingerprint density at radius 3 is 1.61 bits per heavy atom. The van der Waals surface area contributed by atoms with E-state index in [0.717, 1.165) is 16.7 Å². The van der Waals surface area contributed by atoms with Crippen LogP contribution in [0.5, 0.6) is 5.75 Å². The number of aliphatic imine (C=N–C) groups is 1. The summed E-state index contributed by atoms with van der Waals surface area (Å²) in [4.78, 5) is 139. The highest BCUT2D eigenvalue weighted by Gasteiger charge is 2.35. The average Bonchev–Trinajstić information content (AvgIpc) is 1.74. The summed E-state index contributed by atoms with van der Waals surface area (Å²) in [6.45, 7) is 5.26. The van der Waals surface area contributed by atoms with E-state index in [1.807, 2.05) is 53.4 Å². The molecule has 2 heterocycles. The number of nitrogens with one attached hydrogen (secondary N) is 9. The van der Waals surface area contributed by atoms with E-state index in [9.17, 15) is 68.4 Å². The van der Waals surface area contributed by atoms with Crippen LogP contribution in [0.3, 0.4) is 0 Å². The van der Waals surface area contributed by atoms with E-state index < -0.39 is 53.7 Å². The van der Waals surface area contributed by atoms with E-state index in [1.165, 1.54) is 12.1 Å². The molecular formula is C60H88N16O14. The number of phenolic OH excluding ortho intramolecular Hbond substituents is 1. The Balaban J connectivity index is 1.09. The van der Waals surface area contributed by atoms with Crippen molar-refractivity contribution in [3.8, 4) is 5.75 Å². The average molecular weight is 1260 g/mol. The highest BCUT2D eigenvalue weighted by Crippen LogP contribution is 2.33. The minimum Gasteiger partial charge on any atom is -0.508 e. The first-order chi connectivity index (χ1) is 43.2. The van der Waals surface area contributed by atoms with Gasteiger partial charge in [-0.15, -0.1) is 0 Å². The number of hydrogen-bond acceptors (Lipinski definition) is 18. The van der Waals surface area contributed by atoms with Crippen molar-refractivity contribution in [2.75, 3.05) is 130 Å². The number of amides is 8. The van der Waals surface area contributed by atoms with Gasteiger partial charge in [-0.25, -0.2) is 4.79 Å². The molecule has 3 aromatic carbocycles. The highest BCUT2D eigenvalue weighted by molar-refractivity contribution is 5.95. The molecule has 90 heavy (non-hydrogen) atoms. The largest absolute Gasteiger partial charge is 0.508 e. The quantitative estimate of drug-likeness (QED) is 0.0185. The molecular weight excluding hydrogens is 1170 g/mol. The monoisotopic (exact) mass is 1260 g/mol. The lowest BCUT2D eigenvalue weighted by Gasteiger charge is -2.32. The maximum Gasteiger partial charge on any atom is 0.321 e. The second-order valence-corrected chi connectivity index (χ2v) is 21.8. The van der Waals surface area contributed by atoms with Gasteiger partial charge in [-0.1, -0.05) is 55.5 Å². The van der Waals surface area contributed by atoms with Crippen LogP contribution in [0.1, 0.15) is 73.7 Å². The van der Waals surface area contributed by atoms with E-state index >= 15 is 0 Å². The number of fused-ring (bicyclic) bond motifs is 1. The number of phenols is 1. The van der Waals surface area contributed by atoms with E-state index in [2.05, 4.69) is 52.8 Å². The zero-order valence-electron chi connectivity index (χ0n) is 51.0. The summed E-state index contributed by atoms with van der Waals surface area (Å²) in [6.07, 6.45) is 1.10. The lowest BCUT2D eigenvalue weighted by Crippen LogP contribution is -2.50. The Hall–Kier alpha value is -8.97. The number of hydrogen-bond donors (Lipinski definition) is 14. The molecule has 30 heteroatoms. The van der Waals surface area contributed by atoms with Crippen LogP contribution in [0.15, 0.2) is 77.8 Å². The molecule has 492 valence electrons. The van der Waals surface area contributed by atoms with E-state index in [4.69, 9.17) is 5.73 Å². The third-order valence-corrected chi connectivity index (χ3v) is 14.7. The first-order valence-electron chi connectivity index (χ1n) is 30.2. The van der Waals surface area contributed by atoms with Gasteiger partial charge in [0.25, 0.3) is 0 Å². The zero-order chi connectivity index (χ0) is 65.2. The lowest BCUT2D eigenvalue weighted by atomic mass is 10.0. The molecule has 5 rings (SSSR count). The van der Waals surface area contributed by atoms with Gasteiger partial charge in [0.15, 0.2) is 5.96 Å².